The molecule has 0 N–H and O–H groups in total. The molecule has 2 aromatic carbocycles. The minimum Gasteiger partial charge on any atom is -0.289 e. The summed E-state index contributed by atoms with van der Waals surface area (Å²) in [6.07, 6.45) is 0. The summed E-state index contributed by atoms with van der Waals surface area (Å²) in [6, 6.07) is 14.1. The topological polar surface area (TPSA) is 30.2 Å². The van der Waals surface area contributed by atoms with Crippen molar-refractivity contribution < 1.29 is 0 Å². The van der Waals surface area contributed by atoms with Crippen molar-refractivity contribution in [2.75, 3.05) is 0 Å². The third-order valence-electron chi connectivity index (χ3n) is 4.25. The fourth-order valence-electron chi connectivity index (χ4n) is 3.20. The standard InChI is InChI=1S/C19H16ClN3/c1-11-6-4-5-7-15(11)19-22-13(3)18-12(2)21-16-9-8-14(20)10-17(16)23(18)19/h4-10H,1-3H3. The molecule has 2 aromatic heterocycles. The first kappa shape index (κ1) is 14.2. The SMILES string of the molecule is Cc1ccccc1-c1nc(C)c2c(C)nc3ccc(Cl)cc3n12. The van der Waals surface area contributed by atoms with Crippen molar-refractivity contribution in [3.05, 3.63) is 64.4 Å². The van der Waals surface area contributed by atoms with E-state index >= 15 is 0 Å². The van der Waals surface area contributed by atoms with E-state index in [1.54, 1.807) is 0 Å². The highest BCUT2D eigenvalue weighted by Crippen LogP contribution is 2.30. The van der Waals surface area contributed by atoms with Gasteiger partial charge in [-0.05, 0) is 44.5 Å². The van der Waals surface area contributed by atoms with Gasteiger partial charge in [0.1, 0.15) is 5.82 Å². The number of imidazole rings is 1. The highest BCUT2D eigenvalue weighted by molar-refractivity contribution is 6.31. The van der Waals surface area contributed by atoms with E-state index in [-0.39, 0.29) is 0 Å². The van der Waals surface area contributed by atoms with Crippen LogP contribution in [0.3, 0.4) is 0 Å². The summed E-state index contributed by atoms with van der Waals surface area (Å²) in [5.41, 5.74) is 7.24. The van der Waals surface area contributed by atoms with Crippen LogP contribution in [0.15, 0.2) is 42.5 Å². The van der Waals surface area contributed by atoms with Crippen LogP contribution >= 0.6 is 11.6 Å². The smallest absolute Gasteiger partial charge is 0.145 e. The number of hydrogen-bond donors (Lipinski definition) is 0. The number of nitrogens with zero attached hydrogens (tertiary/aromatic N) is 3. The minimum atomic E-state index is 0.700. The van der Waals surface area contributed by atoms with Gasteiger partial charge < -0.3 is 0 Å². The number of fused-ring (bicyclic) bond motifs is 3. The van der Waals surface area contributed by atoms with Crippen molar-refractivity contribution in [3.8, 4) is 11.4 Å². The Morgan fingerprint density at radius 3 is 2.43 bits per heavy atom. The van der Waals surface area contributed by atoms with E-state index < -0.39 is 0 Å². The van der Waals surface area contributed by atoms with E-state index in [1.807, 2.05) is 44.2 Å². The van der Waals surface area contributed by atoms with Gasteiger partial charge in [0.2, 0.25) is 0 Å². The third kappa shape index (κ3) is 2.12. The van der Waals surface area contributed by atoms with Gasteiger partial charge in [0.05, 0.1) is 27.9 Å². The van der Waals surface area contributed by atoms with Gasteiger partial charge in [-0.2, -0.15) is 0 Å². The van der Waals surface area contributed by atoms with Crippen LogP contribution in [0.2, 0.25) is 5.02 Å². The quantitative estimate of drug-likeness (QED) is 0.486. The maximum atomic E-state index is 6.23. The van der Waals surface area contributed by atoms with Gasteiger partial charge in [-0.15, -0.1) is 0 Å². The van der Waals surface area contributed by atoms with Gasteiger partial charge in [0, 0.05) is 10.6 Å². The average Bonchev–Trinajstić information content (AvgIpc) is 2.87. The maximum Gasteiger partial charge on any atom is 0.145 e. The summed E-state index contributed by atoms with van der Waals surface area (Å²) in [4.78, 5) is 9.56. The summed E-state index contributed by atoms with van der Waals surface area (Å²) in [7, 11) is 0. The molecule has 3 nitrogen and oxygen atoms in total. The lowest BCUT2D eigenvalue weighted by atomic mass is 10.1. The fraction of sp³-hybridized carbons (Fsp3) is 0.158. The second-order valence-corrected chi connectivity index (χ2v) is 6.29. The summed E-state index contributed by atoms with van der Waals surface area (Å²) >= 11 is 6.23. The zero-order valence-electron chi connectivity index (χ0n) is 13.3. The van der Waals surface area contributed by atoms with Crippen LogP contribution in [0.1, 0.15) is 17.0 Å². The number of halogens is 1. The molecular weight excluding hydrogens is 306 g/mol. The normalized spacial score (nSPS) is 11.5. The van der Waals surface area contributed by atoms with Gasteiger partial charge in [-0.25, -0.2) is 9.97 Å². The lowest BCUT2D eigenvalue weighted by molar-refractivity contribution is 1.15. The van der Waals surface area contributed by atoms with Gasteiger partial charge in [-0.3, -0.25) is 4.40 Å². The first-order valence-electron chi connectivity index (χ1n) is 7.57. The highest BCUT2D eigenvalue weighted by atomic mass is 35.5. The van der Waals surface area contributed by atoms with E-state index in [1.165, 1.54) is 5.56 Å². The van der Waals surface area contributed by atoms with Gasteiger partial charge in [-0.1, -0.05) is 35.9 Å². The molecule has 0 aliphatic heterocycles. The predicted octanol–water partition coefficient (Wildman–Crippen LogP) is 5.13. The predicted molar refractivity (Wildman–Crippen MR) is 95.2 cm³/mol. The lowest BCUT2D eigenvalue weighted by Gasteiger charge is -2.10. The molecule has 4 rings (SSSR count). The Balaban J connectivity index is 2.24. The third-order valence-corrected chi connectivity index (χ3v) is 4.48. The molecule has 0 atom stereocenters. The molecule has 0 spiro atoms. The monoisotopic (exact) mass is 321 g/mol. The van der Waals surface area contributed by atoms with Crippen LogP contribution in [0.5, 0.6) is 0 Å². The van der Waals surface area contributed by atoms with E-state index in [4.69, 9.17) is 21.6 Å². The van der Waals surface area contributed by atoms with Gasteiger partial charge in [0.15, 0.2) is 0 Å². The molecule has 23 heavy (non-hydrogen) atoms. The summed E-state index contributed by atoms with van der Waals surface area (Å²) in [5, 5.41) is 0.700. The molecule has 2 heterocycles. The largest absolute Gasteiger partial charge is 0.289 e. The Labute approximate surface area is 139 Å². The molecule has 4 heteroatoms. The van der Waals surface area contributed by atoms with Crippen molar-refractivity contribution in [2.45, 2.75) is 20.8 Å². The fourth-order valence-corrected chi connectivity index (χ4v) is 3.36. The van der Waals surface area contributed by atoms with Crippen molar-refractivity contribution in [1.29, 1.82) is 0 Å². The second kappa shape index (κ2) is 5.07. The molecule has 0 saturated carbocycles. The van der Waals surface area contributed by atoms with Crippen LogP contribution in [0.25, 0.3) is 27.9 Å². The molecule has 0 aliphatic carbocycles. The van der Waals surface area contributed by atoms with Gasteiger partial charge >= 0.3 is 0 Å². The highest BCUT2D eigenvalue weighted by Gasteiger charge is 2.17. The molecule has 0 amide bonds. The molecular formula is C19H16ClN3. The van der Waals surface area contributed by atoms with E-state index in [2.05, 4.69) is 23.5 Å². The van der Waals surface area contributed by atoms with Crippen molar-refractivity contribution >= 4 is 28.2 Å². The zero-order chi connectivity index (χ0) is 16.1. The molecule has 4 aromatic rings. The Morgan fingerprint density at radius 2 is 1.65 bits per heavy atom. The first-order chi connectivity index (χ1) is 11.1. The Morgan fingerprint density at radius 1 is 0.913 bits per heavy atom. The van der Waals surface area contributed by atoms with Crippen molar-refractivity contribution in [2.24, 2.45) is 0 Å². The number of hydrogen-bond acceptors (Lipinski definition) is 2. The number of benzene rings is 2. The van der Waals surface area contributed by atoms with Crippen LogP contribution in [0, 0.1) is 20.8 Å². The zero-order valence-corrected chi connectivity index (χ0v) is 14.0. The van der Waals surface area contributed by atoms with Crippen LogP contribution < -0.4 is 0 Å². The van der Waals surface area contributed by atoms with Crippen molar-refractivity contribution in [3.63, 3.8) is 0 Å². The number of rotatable bonds is 1. The van der Waals surface area contributed by atoms with Crippen LogP contribution in [-0.2, 0) is 0 Å². The number of aromatic nitrogens is 3. The molecule has 0 bridgehead atoms. The molecule has 114 valence electrons. The maximum absolute atomic E-state index is 6.23. The molecule has 0 saturated heterocycles. The lowest BCUT2D eigenvalue weighted by Crippen LogP contribution is -1.98. The second-order valence-electron chi connectivity index (χ2n) is 5.85. The molecule has 0 fully saturated rings. The Kier molecular flexibility index (Phi) is 3.13. The Hall–Kier alpha value is -2.39. The minimum absolute atomic E-state index is 0.700. The Bertz CT molecular complexity index is 1060. The first-order valence-corrected chi connectivity index (χ1v) is 7.95. The van der Waals surface area contributed by atoms with Crippen LogP contribution in [0.4, 0.5) is 0 Å². The molecule has 0 aliphatic rings. The summed E-state index contributed by atoms with van der Waals surface area (Å²) in [6.45, 7) is 6.16. The van der Waals surface area contributed by atoms with Crippen LogP contribution in [-0.4, -0.2) is 14.4 Å². The van der Waals surface area contributed by atoms with E-state index in [9.17, 15) is 0 Å². The van der Waals surface area contributed by atoms with E-state index in [0.717, 1.165) is 39.3 Å². The number of aryl methyl sites for hydroxylation is 3. The molecule has 0 radical (unpaired) electrons. The van der Waals surface area contributed by atoms with E-state index in [0.29, 0.717) is 5.02 Å². The summed E-state index contributed by atoms with van der Waals surface area (Å²) in [5.74, 6) is 0.938. The average molecular weight is 322 g/mol. The van der Waals surface area contributed by atoms with Gasteiger partial charge in [0.25, 0.3) is 0 Å². The van der Waals surface area contributed by atoms with Crippen molar-refractivity contribution in [1.82, 2.24) is 14.4 Å². The summed E-state index contributed by atoms with van der Waals surface area (Å²) < 4.78 is 2.18. The molecule has 0 unspecified atom stereocenters.